The summed E-state index contributed by atoms with van der Waals surface area (Å²) in [4.78, 5) is 10.9. The molecule has 0 radical (unpaired) electrons. The summed E-state index contributed by atoms with van der Waals surface area (Å²) in [7, 11) is 0. The van der Waals surface area contributed by atoms with E-state index in [0.717, 1.165) is 11.6 Å². The molecule has 0 aromatic heterocycles. The molecule has 0 heterocycles. The summed E-state index contributed by atoms with van der Waals surface area (Å²) >= 11 is 0. The molecule has 2 rings (SSSR count). The molecule has 1 atom stereocenters. The number of halogens is 3. The van der Waals surface area contributed by atoms with Gasteiger partial charge in [-0.15, -0.1) is 0 Å². The van der Waals surface area contributed by atoms with E-state index in [0.29, 0.717) is 12.2 Å². The van der Waals surface area contributed by atoms with Gasteiger partial charge in [-0.1, -0.05) is 51.1 Å². The maximum atomic E-state index is 13.4. The maximum Gasteiger partial charge on any atom is 0.416 e. The topological polar surface area (TPSA) is 64.3 Å². The van der Waals surface area contributed by atoms with Gasteiger partial charge >= 0.3 is 12.3 Å². The van der Waals surface area contributed by atoms with Gasteiger partial charge in [0.05, 0.1) is 5.56 Å². The first-order valence-electron chi connectivity index (χ1n) is 8.88. The van der Waals surface area contributed by atoms with Crippen molar-refractivity contribution < 1.29 is 22.7 Å². The zero-order chi connectivity index (χ0) is 21.1. The molecule has 4 nitrogen and oxygen atoms in total. The van der Waals surface area contributed by atoms with Gasteiger partial charge in [-0.05, 0) is 35.6 Å². The van der Waals surface area contributed by atoms with Crippen LogP contribution in [0.2, 0.25) is 0 Å². The lowest BCUT2D eigenvalue weighted by Crippen LogP contribution is -2.19. The van der Waals surface area contributed by atoms with Crippen LogP contribution < -0.4 is 11.1 Å². The maximum absolute atomic E-state index is 13.4. The van der Waals surface area contributed by atoms with E-state index in [1.54, 1.807) is 0 Å². The molecule has 0 fully saturated rings. The van der Waals surface area contributed by atoms with Crippen molar-refractivity contribution in [1.82, 2.24) is 0 Å². The number of nitrogens with one attached hydrogen (secondary N) is 1. The van der Waals surface area contributed by atoms with E-state index in [4.69, 9.17) is 10.5 Å². The van der Waals surface area contributed by atoms with Crippen molar-refractivity contribution in [3.8, 4) is 0 Å². The lowest BCUT2D eigenvalue weighted by molar-refractivity contribution is -0.139. The Balaban J connectivity index is 2.19. The van der Waals surface area contributed by atoms with Crippen molar-refractivity contribution in [1.29, 1.82) is 0 Å². The molecule has 0 saturated heterocycles. The van der Waals surface area contributed by atoms with Crippen LogP contribution in [0.25, 0.3) is 0 Å². The van der Waals surface area contributed by atoms with Crippen molar-refractivity contribution in [2.45, 2.75) is 51.9 Å². The highest BCUT2D eigenvalue weighted by atomic mass is 19.4. The zero-order valence-corrected chi connectivity index (χ0v) is 16.4. The molecular weight excluding hydrogens is 369 g/mol. The zero-order valence-electron chi connectivity index (χ0n) is 16.4. The Morgan fingerprint density at radius 1 is 1.11 bits per heavy atom. The van der Waals surface area contributed by atoms with E-state index >= 15 is 0 Å². The number of rotatable bonds is 5. The standard InChI is InChI=1S/C21H25F3N2O2/c1-13(28-19(25)27)17-10-9-16(11-18(17)21(22,23)24)26-12-14-5-7-15(8-6-14)20(2,3)4/h5-11,13,26H,12H2,1-4H3,(H2,25,27). The Labute approximate surface area is 162 Å². The van der Waals surface area contributed by atoms with Gasteiger partial charge in [0.25, 0.3) is 0 Å². The van der Waals surface area contributed by atoms with Gasteiger partial charge < -0.3 is 15.8 Å². The molecule has 7 heteroatoms. The molecular formula is C21H25F3N2O2. The average molecular weight is 394 g/mol. The van der Waals surface area contributed by atoms with E-state index < -0.39 is 23.9 Å². The van der Waals surface area contributed by atoms with E-state index in [9.17, 15) is 18.0 Å². The Morgan fingerprint density at radius 3 is 2.21 bits per heavy atom. The number of hydrogen-bond donors (Lipinski definition) is 2. The summed E-state index contributed by atoms with van der Waals surface area (Å²) in [6, 6.07) is 11.8. The first kappa shape index (κ1) is 21.6. The van der Waals surface area contributed by atoms with Gasteiger partial charge in [0, 0.05) is 17.8 Å². The van der Waals surface area contributed by atoms with Crippen LogP contribution >= 0.6 is 0 Å². The highest BCUT2D eigenvalue weighted by molar-refractivity contribution is 5.65. The number of alkyl halides is 3. The van der Waals surface area contributed by atoms with Gasteiger partial charge in [0.1, 0.15) is 6.10 Å². The first-order valence-corrected chi connectivity index (χ1v) is 8.88. The third-order valence-electron chi connectivity index (χ3n) is 4.41. The summed E-state index contributed by atoms with van der Waals surface area (Å²) in [5.41, 5.74) is 6.40. The molecule has 2 aromatic carbocycles. The summed E-state index contributed by atoms with van der Waals surface area (Å²) in [5, 5.41) is 3.01. The molecule has 28 heavy (non-hydrogen) atoms. The number of ether oxygens (including phenoxy) is 1. The number of primary amides is 1. The molecule has 0 saturated carbocycles. The minimum atomic E-state index is -4.59. The number of carbonyl (C=O) groups is 1. The molecule has 152 valence electrons. The van der Waals surface area contributed by atoms with Crippen LogP contribution in [-0.4, -0.2) is 6.09 Å². The molecule has 0 aliphatic rings. The van der Waals surface area contributed by atoms with E-state index in [1.165, 1.54) is 24.6 Å². The van der Waals surface area contributed by atoms with Crippen molar-refractivity contribution in [3.05, 3.63) is 64.7 Å². The second-order valence-corrected chi connectivity index (χ2v) is 7.68. The minimum absolute atomic E-state index is 0.0348. The molecule has 1 amide bonds. The van der Waals surface area contributed by atoms with Crippen LogP contribution in [0, 0.1) is 0 Å². The van der Waals surface area contributed by atoms with Gasteiger partial charge in [0.2, 0.25) is 0 Å². The van der Waals surface area contributed by atoms with Crippen LogP contribution in [0.5, 0.6) is 0 Å². The van der Waals surface area contributed by atoms with E-state index in [2.05, 4.69) is 26.1 Å². The summed E-state index contributed by atoms with van der Waals surface area (Å²) in [5.74, 6) is 0. The first-order chi connectivity index (χ1) is 12.9. The van der Waals surface area contributed by atoms with Gasteiger partial charge in [-0.2, -0.15) is 13.2 Å². The quantitative estimate of drug-likeness (QED) is 0.676. The highest BCUT2D eigenvalue weighted by Gasteiger charge is 2.35. The van der Waals surface area contributed by atoms with E-state index in [1.807, 2.05) is 24.3 Å². The largest absolute Gasteiger partial charge is 0.442 e. The van der Waals surface area contributed by atoms with Gasteiger partial charge in [-0.25, -0.2) is 4.79 Å². The Kier molecular flexibility index (Phi) is 6.27. The van der Waals surface area contributed by atoms with Crippen molar-refractivity contribution in [3.63, 3.8) is 0 Å². The second kappa shape index (κ2) is 8.12. The fraction of sp³-hybridized carbons (Fsp3) is 0.381. The van der Waals surface area contributed by atoms with Crippen LogP contribution in [0.3, 0.4) is 0 Å². The third kappa shape index (κ3) is 5.65. The lowest BCUT2D eigenvalue weighted by Gasteiger charge is -2.20. The predicted molar refractivity (Wildman–Crippen MR) is 103 cm³/mol. The second-order valence-electron chi connectivity index (χ2n) is 7.68. The highest BCUT2D eigenvalue weighted by Crippen LogP contribution is 2.37. The summed E-state index contributed by atoms with van der Waals surface area (Å²) in [6.07, 6.45) is -6.81. The monoisotopic (exact) mass is 394 g/mol. The van der Waals surface area contributed by atoms with Crippen LogP contribution in [0.15, 0.2) is 42.5 Å². The number of amides is 1. The van der Waals surface area contributed by atoms with Crippen molar-refractivity contribution >= 4 is 11.8 Å². The smallest absolute Gasteiger partial charge is 0.416 e. The molecule has 1 unspecified atom stereocenters. The Bertz CT molecular complexity index is 825. The predicted octanol–water partition coefficient (Wildman–Crippen LogP) is 5.77. The average Bonchev–Trinajstić information content (AvgIpc) is 2.58. The minimum Gasteiger partial charge on any atom is -0.442 e. The molecule has 0 aliphatic heterocycles. The number of anilines is 1. The molecule has 0 spiro atoms. The molecule has 0 aliphatic carbocycles. The van der Waals surface area contributed by atoms with Crippen LogP contribution in [0.4, 0.5) is 23.7 Å². The fourth-order valence-electron chi connectivity index (χ4n) is 2.83. The molecule has 2 aromatic rings. The van der Waals surface area contributed by atoms with Crippen LogP contribution in [0.1, 0.15) is 56.1 Å². The number of benzene rings is 2. The summed E-state index contributed by atoms with van der Waals surface area (Å²) < 4.78 is 45.0. The van der Waals surface area contributed by atoms with Gasteiger partial charge in [0.15, 0.2) is 0 Å². The van der Waals surface area contributed by atoms with E-state index in [-0.39, 0.29) is 11.0 Å². The van der Waals surface area contributed by atoms with Crippen molar-refractivity contribution in [2.24, 2.45) is 5.73 Å². The number of hydrogen-bond acceptors (Lipinski definition) is 3. The number of nitrogens with two attached hydrogens (primary N) is 1. The normalized spacial score (nSPS) is 13.1. The summed E-state index contributed by atoms with van der Waals surface area (Å²) in [6.45, 7) is 8.07. The lowest BCUT2D eigenvalue weighted by atomic mass is 9.87. The number of carbonyl (C=O) groups excluding carboxylic acids is 1. The molecule has 0 bridgehead atoms. The Morgan fingerprint density at radius 2 is 1.71 bits per heavy atom. The third-order valence-corrected chi connectivity index (χ3v) is 4.41. The SMILES string of the molecule is CC(OC(N)=O)c1ccc(NCc2ccc(C(C)(C)C)cc2)cc1C(F)(F)F. The van der Waals surface area contributed by atoms with Gasteiger partial charge in [-0.3, -0.25) is 0 Å². The van der Waals surface area contributed by atoms with Crippen LogP contribution in [-0.2, 0) is 22.9 Å². The van der Waals surface area contributed by atoms with Crippen molar-refractivity contribution in [2.75, 3.05) is 5.32 Å². The molecule has 3 N–H and O–H groups in total. The Hall–Kier alpha value is -2.70. The fourth-order valence-corrected chi connectivity index (χ4v) is 2.83.